The molecule has 0 aliphatic heterocycles. The van der Waals surface area contributed by atoms with Crippen LogP contribution in [0.1, 0.15) is 18.4 Å². The molecule has 2 rings (SSSR count). The van der Waals surface area contributed by atoms with Gasteiger partial charge in [0.05, 0.1) is 12.5 Å². The van der Waals surface area contributed by atoms with Crippen LogP contribution < -0.4 is 0 Å². The molecule has 1 fully saturated rings. The van der Waals surface area contributed by atoms with Gasteiger partial charge in [-0.15, -0.1) is 0 Å². The highest BCUT2D eigenvalue weighted by atomic mass is 79.9. The molecule has 0 aromatic heterocycles. The van der Waals surface area contributed by atoms with E-state index in [1.807, 2.05) is 6.07 Å². The van der Waals surface area contributed by atoms with Crippen molar-refractivity contribution in [1.29, 1.82) is 0 Å². The number of methoxy groups -OCH3 is 1. The molecule has 1 saturated carbocycles. The molecule has 98 valence electrons. The van der Waals surface area contributed by atoms with Gasteiger partial charge in [-0.25, -0.2) is 8.78 Å². The Balaban J connectivity index is 2.31. The number of ether oxygens (including phenoxy) is 1. The Morgan fingerprint density at radius 2 is 2.17 bits per heavy atom. The second kappa shape index (κ2) is 4.96. The minimum absolute atomic E-state index is 0.147. The molecule has 1 aromatic rings. The summed E-state index contributed by atoms with van der Waals surface area (Å²) < 4.78 is 30.9. The van der Waals surface area contributed by atoms with Crippen LogP contribution in [0.2, 0.25) is 0 Å². The first-order valence-electron chi connectivity index (χ1n) is 5.62. The molecule has 0 heterocycles. The normalized spacial score (nSPS) is 26.8. The number of carbonyl (C=O) groups is 1. The van der Waals surface area contributed by atoms with Gasteiger partial charge in [0.1, 0.15) is 0 Å². The number of halogens is 3. The summed E-state index contributed by atoms with van der Waals surface area (Å²) in [7, 11) is 1.29. The third kappa shape index (κ3) is 2.16. The largest absolute Gasteiger partial charge is 0.468 e. The smallest absolute Gasteiger partial charge is 0.316 e. The minimum Gasteiger partial charge on any atom is -0.468 e. The summed E-state index contributed by atoms with van der Waals surface area (Å²) in [6, 6.07) is 7.19. The molecule has 1 aliphatic rings. The second-order valence-corrected chi connectivity index (χ2v) is 5.50. The van der Waals surface area contributed by atoms with Gasteiger partial charge in [0.15, 0.2) is 0 Å². The van der Waals surface area contributed by atoms with Crippen molar-refractivity contribution in [2.24, 2.45) is 5.92 Å². The molecule has 0 amide bonds. The Bertz CT molecular complexity index is 456. The average Bonchev–Trinajstić information content (AvgIpc) is 2.27. The SMILES string of the molecule is COC(=O)C1(c2cccc(Br)c2)CC(C(F)F)C1. The molecular weight excluding hydrogens is 306 g/mol. The Kier molecular flexibility index (Phi) is 3.71. The first kappa shape index (κ1) is 13.5. The van der Waals surface area contributed by atoms with Crippen molar-refractivity contribution in [2.75, 3.05) is 7.11 Å². The van der Waals surface area contributed by atoms with E-state index in [4.69, 9.17) is 4.74 Å². The summed E-state index contributed by atoms with van der Waals surface area (Å²) in [5.74, 6) is -1.15. The molecule has 2 nitrogen and oxygen atoms in total. The van der Waals surface area contributed by atoms with Gasteiger partial charge in [-0.05, 0) is 30.5 Å². The highest BCUT2D eigenvalue weighted by Crippen LogP contribution is 2.51. The van der Waals surface area contributed by atoms with Crippen LogP contribution in [0.15, 0.2) is 28.7 Å². The van der Waals surface area contributed by atoms with Gasteiger partial charge in [0.2, 0.25) is 6.43 Å². The number of hydrogen-bond acceptors (Lipinski definition) is 2. The first-order valence-corrected chi connectivity index (χ1v) is 6.41. The van der Waals surface area contributed by atoms with Crippen molar-refractivity contribution in [3.63, 3.8) is 0 Å². The monoisotopic (exact) mass is 318 g/mol. The van der Waals surface area contributed by atoms with Crippen LogP contribution in [0.5, 0.6) is 0 Å². The van der Waals surface area contributed by atoms with E-state index in [2.05, 4.69) is 15.9 Å². The number of carbonyl (C=O) groups excluding carboxylic acids is 1. The topological polar surface area (TPSA) is 26.3 Å². The lowest BCUT2D eigenvalue weighted by molar-refractivity contribution is -0.157. The Labute approximate surface area is 112 Å². The summed E-state index contributed by atoms with van der Waals surface area (Å²) in [6.45, 7) is 0. The Morgan fingerprint density at radius 3 is 2.67 bits per heavy atom. The zero-order valence-electron chi connectivity index (χ0n) is 9.83. The second-order valence-electron chi connectivity index (χ2n) is 4.59. The molecule has 0 unspecified atom stereocenters. The van der Waals surface area contributed by atoms with Crippen LogP contribution in [0.4, 0.5) is 8.78 Å². The Morgan fingerprint density at radius 1 is 1.50 bits per heavy atom. The lowest BCUT2D eigenvalue weighted by atomic mass is 9.58. The third-order valence-corrected chi connectivity index (χ3v) is 4.02. The van der Waals surface area contributed by atoms with Gasteiger partial charge in [-0.3, -0.25) is 4.79 Å². The van der Waals surface area contributed by atoms with Gasteiger partial charge in [0, 0.05) is 10.4 Å². The van der Waals surface area contributed by atoms with Gasteiger partial charge in [-0.1, -0.05) is 28.1 Å². The standard InChI is InChI=1S/C13H13BrF2O2/c1-18-12(17)13(6-8(7-13)11(15)16)9-3-2-4-10(14)5-9/h2-5,8,11H,6-7H2,1H3. The van der Waals surface area contributed by atoms with E-state index in [0.29, 0.717) is 0 Å². The molecule has 0 N–H and O–H groups in total. The fraction of sp³-hybridized carbons (Fsp3) is 0.462. The highest BCUT2D eigenvalue weighted by Gasteiger charge is 2.55. The van der Waals surface area contributed by atoms with Crippen LogP contribution in [-0.4, -0.2) is 19.5 Å². The lowest BCUT2D eigenvalue weighted by Crippen LogP contribution is -2.50. The van der Waals surface area contributed by atoms with Crippen LogP contribution in [-0.2, 0) is 14.9 Å². The maximum Gasteiger partial charge on any atom is 0.316 e. The van der Waals surface area contributed by atoms with Crippen molar-refractivity contribution >= 4 is 21.9 Å². The zero-order chi connectivity index (χ0) is 13.3. The van der Waals surface area contributed by atoms with E-state index < -0.39 is 23.7 Å². The molecule has 0 bridgehead atoms. The number of esters is 1. The van der Waals surface area contributed by atoms with Crippen LogP contribution >= 0.6 is 15.9 Å². The third-order valence-electron chi connectivity index (χ3n) is 3.53. The number of rotatable bonds is 3. The molecule has 0 radical (unpaired) electrons. The molecule has 5 heteroatoms. The van der Waals surface area contributed by atoms with E-state index in [1.165, 1.54) is 7.11 Å². The van der Waals surface area contributed by atoms with Gasteiger partial charge >= 0.3 is 5.97 Å². The minimum atomic E-state index is -2.38. The molecule has 1 aliphatic carbocycles. The van der Waals surface area contributed by atoms with Crippen molar-refractivity contribution in [3.05, 3.63) is 34.3 Å². The lowest BCUT2D eigenvalue weighted by Gasteiger charge is -2.45. The molecular formula is C13H13BrF2O2. The number of hydrogen-bond donors (Lipinski definition) is 0. The fourth-order valence-electron chi connectivity index (χ4n) is 2.52. The van der Waals surface area contributed by atoms with E-state index >= 15 is 0 Å². The predicted octanol–water partition coefficient (Wildman–Crippen LogP) is 3.54. The maximum atomic E-state index is 12.6. The zero-order valence-corrected chi connectivity index (χ0v) is 11.4. The van der Waals surface area contributed by atoms with Crippen molar-refractivity contribution in [3.8, 4) is 0 Å². The maximum absolute atomic E-state index is 12.6. The van der Waals surface area contributed by atoms with Gasteiger partial charge in [0.25, 0.3) is 0 Å². The molecule has 18 heavy (non-hydrogen) atoms. The fourth-order valence-corrected chi connectivity index (χ4v) is 2.91. The first-order chi connectivity index (χ1) is 8.49. The van der Waals surface area contributed by atoms with Crippen molar-refractivity contribution < 1.29 is 18.3 Å². The number of benzene rings is 1. The number of alkyl halides is 2. The van der Waals surface area contributed by atoms with Crippen LogP contribution in [0.3, 0.4) is 0 Å². The Hall–Kier alpha value is -0.970. The quantitative estimate of drug-likeness (QED) is 0.797. The van der Waals surface area contributed by atoms with E-state index in [1.54, 1.807) is 18.2 Å². The van der Waals surface area contributed by atoms with Crippen LogP contribution in [0.25, 0.3) is 0 Å². The average molecular weight is 319 g/mol. The van der Waals surface area contributed by atoms with Crippen molar-refractivity contribution in [1.82, 2.24) is 0 Å². The highest BCUT2D eigenvalue weighted by molar-refractivity contribution is 9.10. The molecule has 0 saturated heterocycles. The van der Waals surface area contributed by atoms with Crippen molar-refractivity contribution in [2.45, 2.75) is 24.7 Å². The summed E-state index contributed by atoms with van der Waals surface area (Å²) in [5.41, 5.74) is -0.166. The van der Waals surface area contributed by atoms with Gasteiger partial charge in [-0.2, -0.15) is 0 Å². The summed E-state index contributed by atoms with van der Waals surface area (Å²) in [5, 5.41) is 0. The summed E-state index contributed by atoms with van der Waals surface area (Å²) in [4.78, 5) is 11.9. The van der Waals surface area contributed by atoms with E-state index in [0.717, 1.165) is 10.0 Å². The molecule has 1 aromatic carbocycles. The molecule has 0 spiro atoms. The van der Waals surface area contributed by atoms with Crippen LogP contribution in [0, 0.1) is 5.92 Å². The summed E-state index contributed by atoms with van der Waals surface area (Å²) in [6.07, 6.45) is -2.09. The van der Waals surface area contributed by atoms with E-state index in [9.17, 15) is 13.6 Å². The van der Waals surface area contributed by atoms with Gasteiger partial charge < -0.3 is 4.74 Å². The summed E-state index contributed by atoms with van der Waals surface area (Å²) >= 11 is 3.32. The molecule has 0 atom stereocenters. The van der Waals surface area contributed by atoms with E-state index in [-0.39, 0.29) is 12.8 Å². The predicted molar refractivity (Wildman–Crippen MR) is 66.6 cm³/mol.